The fourth-order valence-corrected chi connectivity index (χ4v) is 2.45. The summed E-state index contributed by atoms with van der Waals surface area (Å²) in [6.07, 6.45) is 5.43. The first-order valence-electron chi connectivity index (χ1n) is 7.65. The maximum Gasteiger partial charge on any atom is 0.0965 e. The van der Waals surface area contributed by atoms with Gasteiger partial charge in [0.15, 0.2) is 0 Å². The first-order valence-corrected chi connectivity index (χ1v) is 9.04. The Kier molecular flexibility index (Phi) is 7.70. The summed E-state index contributed by atoms with van der Waals surface area (Å²) in [7, 11) is 2.18. The summed E-state index contributed by atoms with van der Waals surface area (Å²) < 4.78 is 1.94. The quantitative estimate of drug-likeness (QED) is 0.757. The molecule has 0 spiro atoms. The number of rotatable bonds is 9. The average molecular weight is 314 g/mol. The molecule has 0 amide bonds. The topological polar surface area (TPSA) is 46.0 Å². The van der Waals surface area contributed by atoms with E-state index >= 15 is 0 Å². The molecule has 1 aromatic heterocycles. The van der Waals surface area contributed by atoms with Gasteiger partial charge in [-0.25, -0.2) is 0 Å². The summed E-state index contributed by atoms with van der Waals surface area (Å²) in [5.74, 6) is 1.22. The Balaban J connectivity index is 2.34. The highest BCUT2D eigenvalue weighted by Gasteiger charge is 2.11. The highest BCUT2D eigenvalue weighted by atomic mass is 32.2. The van der Waals surface area contributed by atoms with Crippen LogP contribution in [0, 0.1) is 0 Å². The molecule has 21 heavy (non-hydrogen) atoms. The van der Waals surface area contributed by atoms with Crippen LogP contribution in [0.3, 0.4) is 0 Å². The second-order valence-corrected chi connectivity index (χ2v) is 7.67. The molecule has 0 aliphatic heterocycles. The lowest BCUT2D eigenvalue weighted by atomic mass is 10.1. The zero-order chi connectivity index (χ0) is 15.9. The number of hydrogen-bond acceptors (Lipinski definition) is 5. The van der Waals surface area contributed by atoms with Crippen LogP contribution in [0.15, 0.2) is 6.20 Å². The molecule has 0 aromatic carbocycles. The Morgan fingerprint density at radius 3 is 2.76 bits per heavy atom. The Morgan fingerprint density at radius 2 is 2.14 bits per heavy atom. The minimum atomic E-state index is 0.108. The van der Waals surface area contributed by atoms with Crippen LogP contribution in [0.1, 0.15) is 39.8 Å². The van der Waals surface area contributed by atoms with Crippen LogP contribution < -0.4 is 5.32 Å². The van der Waals surface area contributed by atoms with Crippen LogP contribution in [-0.4, -0.2) is 57.1 Å². The van der Waals surface area contributed by atoms with Crippen molar-refractivity contribution in [3.63, 3.8) is 0 Å². The number of nitrogens with one attached hydrogen (secondary N) is 1. The predicted molar refractivity (Wildman–Crippen MR) is 91.7 cm³/mol. The van der Waals surface area contributed by atoms with Crippen molar-refractivity contribution in [3.05, 3.63) is 11.9 Å². The minimum absolute atomic E-state index is 0.108. The largest absolute Gasteiger partial charge is 0.306 e. The van der Waals surface area contributed by atoms with Crippen molar-refractivity contribution in [1.82, 2.24) is 25.2 Å². The molecule has 5 nitrogen and oxygen atoms in total. The van der Waals surface area contributed by atoms with Crippen molar-refractivity contribution in [2.45, 2.75) is 58.8 Å². The highest BCUT2D eigenvalue weighted by molar-refractivity contribution is 7.98. The molecule has 0 aliphatic carbocycles. The van der Waals surface area contributed by atoms with Gasteiger partial charge in [-0.05, 0) is 53.2 Å². The molecule has 0 aliphatic rings. The first-order chi connectivity index (χ1) is 9.81. The molecular weight excluding hydrogens is 282 g/mol. The Hall–Kier alpha value is -0.590. The summed E-state index contributed by atoms with van der Waals surface area (Å²) in [6.45, 7) is 11.4. The second-order valence-electron chi connectivity index (χ2n) is 6.69. The molecule has 0 saturated carbocycles. The van der Waals surface area contributed by atoms with Gasteiger partial charge >= 0.3 is 0 Å². The molecule has 1 N–H and O–H groups in total. The molecule has 122 valence electrons. The fraction of sp³-hybridized carbons (Fsp3) is 0.867. The van der Waals surface area contributed by atoms with Crippen molar-refractivity contribution in [2.75, 3.05) is 25.6 Å². The lowest BCUT2D eigenvalue weighted by molar-refractivity contribution is 0.239. The summed E-state index contributed by atoms with van der Waals surface area (Å²) >= 11 is 1.91. The van der Waals surface area contributed by atoms with Gasteiger partial charge in [0.05, 0.1) is 12.2 Å². The average Bonchev–Trinajstić information content (AvgIpc) is 2.87. The highest BCUT2D eigenvalue weighted by Crippen LogP contribution is 2.06. The van der Waals surface area contributed by atoms with E-state index in [1.54, 1.807) is 0 Å². The molecule has 1 aromatic rings. The van der Waals surface area contributed by atoms with Crippen molar-refractivity contribution in [2.24, 2.45) is 0 Å². The molecule has 1 unspecified atom stereocenters. The van der Waals surface area contributed by atoms with Gasteiger partial charge in [-0.15, -0.1) is 5.10 Å². The van der Waals surface area contributed by atoms with Crippen molar-refractivity contribution >= 4 is 11.8 Å². The predicted octanol–water partition coefficient (Wildman–Crippen LogP) is 2.24. The van der Waals surface area contributed by atoms with Gasteiger partial charge in [0.1, 0.15) is 0 Å². The van der Waals surface area contributed by atoms with Gasteiger partial charge in [0.25, 0.3) is 0 Å². The van der Waals surface area contributed by atoms with E-state index in [1.807, 2.05) is 22.6 Å². The van der Waals surface area contributed by atoms with E-state index in [2.05, 4.69) is 61.5 Å². The maximum absolute atomic E-state index is 4.22. The van der Waals surface area contributed by atoms with Crippen molar-refractivity contribution in [1.29, 1.82) is 0 Å². The Morgan fingerprint density at radius 1 is 1.43 bits per heavy atom. The fourth-order valence-electron chi connectivity index (χ4n) is 1.87. The lowest BCUT2D eigenvalue weighted by Crippen LogP contribution is -2.35. The minimum Gasteiger partial charge on any atom is -0.306 e. The number of aromatic nitrogens is 3. The van der Waals surface area contributed by atoms with Gasteiger partial charge in [-0.3, -0.25) is 4.68 Å². The smallest absolute Gasteiger partial charge is 0.0965 e. The van der Waals surface area contributed by atoms with Crippen LogP contribution in [0.4, 0.5) is 0 Å². The van der Waals surface area contributed by atoms with E-state index in [4.69, 9.17) is 0 Å². The van der Waals surface area contributed by atoms with Crippen molar-refractivity contribution < 1.29 is 0 Å². The number of likely N-dealkylation sites (N-methyl/N-ethyl adjacent to an activating group) is 1. The number of thioether (sulfide) groups is 1. The first kappa shape index (κ1) is 18.5. The van der Waals surface area contributed by atoms with E-state index < -0.39 is 0 Å². The number of nitrogens with zero attached hydrogens (tertiary/aromatic N) is 4. The summed E-state index contributed by atoms with van der Waals surface area (Å²) in [5.41, 5.74) is 1.11. The Labute approximate surface area is 133 Å². The summed E-state index contributed by atoms with van der Waals surface area (Å²) in [6, 6.07) is 0.614. The zero-order valence-electron chi connectivity index (χ0n) is 14.4. The van der Waals surface area contributed by atoms with E-state index in [-0.39, 0.29) is 5.54 Å². The maximum atomic E-state index is 4.22. The van der Waals surface area contributed by atoms with E-state index in [1.165, 1.54) is 12.2 Å². The SMILES string of the molecule is CSCCC(C)N(C)CCn1cc(CNC(C)(C)C)nn1. The third-order valence-corrected chi connectivity index (χ3v) is 4.20. The van der Waals surface area contributed by atoms with Crippen molar-refractivity contribution in [3.8, 4) is 0 Å². The molecule has 0 fully saturated rings. The van der Waals surface area contributed by atoms with Crippen LogP contribution in [0.5, 0.6) is 0 Å². The second kappa shape index (κ2) is 8.76. The summed E-state index contributed by atoms with van der Waals surface area (Å²) in [5, 5.41) is 11.9. The van der Waals surface area contributed by atoms with E-state index in [0.29, 0.717) is 6.04 Å². The number of hydrogen-bond donors (Lipinski definition) is 1. The third kappa shape index (κ3) is 7.83. The molecular formula is C15H31N5S. The molecule has 0 bridgehead atoms. The lowest BCUT2D eigenvalue weighted by Gasteiger charge is -2.24. The van der Waals surface area contributed by atoms with Gasteiger partial charge in [0, 0.05) is 30.9 Å². The van der Waals surface area contributed by atoms with Gasteiger partial charge in [-0.1, -0.05) is 5.21 Å². The third-order valence-electron chi connectivity index (χ3n) is 3.56. The summed E-state index contributed by atoms with van der Waals surface area (Å²) in [4.78, 5) is 2.39. The van der Waals surface area contributed by atoms with E-state index in [0.717, 1.165) is 25.3 Å². The molecule has 1 rings (SSSR count). The van der Waals surface area contributed by atoms with E-state index in [9.17, 15) is 0 Å². The molecule has 1 atom stereocenters. The Bertz CT molecular complexity index is 399. The van der Waals surface area contributed by atoms with Gasteiger partial charge in [0.2, 0.25) is 0 Å². The molecule has 1 heterocycles. The monoisotopic (exact) mass is 313 g/mol. The normalized spacial score (nSPS) is 13.9. The van der Waals surface area contributed by atoms with Crippen LogP contribution in [-0.2, 0) is 13.1 Å². The van der Waals surface area contributed by atoms with Gasteiger partial charge in [-0.2, -0.15) is 11.8 Å². The molecule has 6 heteroatoms. The standard InChI is InChI=1S/C15H31N5S/c1-13(7-10-21-6)19(5)8-9-20-12-14(17-18-20)11-16-15(2,3)4/h12-13,16H,7-11H2,1-6H3. The molecule has 0 saturated heterocycles. The van der Waals surface area contributed by atoms with Gasteiger partial charge < -0.3 is 10.2 Å². The van der Waals surface area contributed by atoms with Crippen LogP contribution in [0.2, 0.25) is 0 Å². The zero-order valence-corrected chi connectivity index (χ0v) is 15.2. The van der Waals surface area contributed by atoms with Crippen LogP contribution in [0.25, 0.3) is 0 Å². The van der Waals surface area contributed by atoms with Crippen LogP contribution >= 0.6 is 11.8 Å². The molecule has 0 radical (unpaired) electrons.